The Morgan fingerprint density at radius 3 is 2.75 bits per heavy atom. The molecule has 0 aliphatic carbocycles. The van der Waals surface area contributed by atoms with Crippen LogP contribution in [0.4, 0.5) is 0 Å². The van der Waals surface area contributed by atoms with E-state index in [4.69, 9.17) is 27.9 Å². The third-order valence-corrected chi connectivity index (χ3v) is 2.55. The van der Waals surface area contributed by atoms with Gasteiger partial charge in [-0.2, -0.15) is 0 Å². The van der Waals surface area contributed by atoms with E-state index >= 15 is 0 Å². The first-order valence-electron chi connectivity index (χ1n) is 5.20. The molecule has 1 rings (SSSR count). The number of aryl methyl sites for hydroxylation is 1. The Kier molecular flexibility index (Phi) is 5.64. The molecule has 0 amide bonds. The van der Waals surface area contributed by atoms with Crippen molar-refractivity contribution in [3.8, 4) is 0 Å². The summed E-state index contributed by atoms with van der Waals surface area (Å²) in [7, 11) is 0. The highest BCUT2D eigenvalue weighted by Gasteiger charge is 2.08. The lowest BCUT2D eigenvalue weighted by molar-refractivity contribution is 0.0526. The summed E-state index contributed by atoms with van der Waals surface area (Å²) in [6.07, 6.45) is 1.68. The third-order valence-electron chi connectivity index (χ3n) is 2.07. The van der Waals surface area contributed by atoms with Crippen LogP contribution in [0.15, 0.2) is 18.2 Å². The zero-order valence-corrected chi connectivity index (χ0v) is 10.6. The van der Waals surface area contributed by atoms with E-state index in [0.717, 1.165) is 18.4 Å². The number of esters is 1. The van der Waals surface area contributed by atoms with Gasteiger partial charge in [0, 0.05) is 10.9 Å². The smallest absolute Gasteiger partial charge is 0.338 e. The van der Waals surface area contributed by atoms with Gasteiger partial charge in [0.15, 0.2) is 0 Å². The molecule has 0 bridgehead atoms. The van der Waals surface area contributed by atoms with Gasteiger partial charge in [0.25, 0.3) is 0 Å². The molecule has 0 aliphatic heterocycles. The predicted octanol–water partition coefficient (Wildman–Crippen LogP) is 3.69. The Morgan fingerprint density at radius 1 is 1.38 bits per heavy atom. The van der Waals surface area contributed by atoms with Crippen molar-refractivity contribution in [1.29, 1.82) is 0 Å². The maximum Gasteiger partial charge on any atom is 0.338 e. The van der Waals surface area contributed by atoms with Crippen molar-refractivity contribution in [2.45, 2.75) is 19.8 Å². The average molecular weight is 261 g/mol. The van der Waals surface area contributed by atoms with Gasteiger partial charge in [0.05, 0.1) is 12.2 Å². The fraction of sp³-hybridized carbons (Fsp3) is 0.417. The first kappa shape index (κ1) is 13.3. The molecule has 0 heterocycles. The van der Waals surface area contributed by atoms with Crippen LogP contribution in [-0.2, 0) is 11.2 Å². The lowest BCUT2D eigenvalue weighted by atomic mass is 10.1. The van der Waals surface area contributed by atoms with Crippen LogP contribution in [0.5, 0.6) is 0 Å². The molecule has 1 aromatic rings. The summed E-state index contributed by atoms with van der Waals surface area (Å²) in [5.41, 5.74) is 1.51. The third kappa shape index (κ3) is 4.03. The van der Waals surface area contributed by atoms with Crippen molar-refractivity contribution in [1.82, 2.24) is 0 Å². The summed E-state index contributed by atoms with van der Waals surface area (Å²) in [5.74, 6) is 0.262. The summed E-state index contributed by atoms with van der Waals surface area (Å²) in [6, 6.07) is 5.26. The van der Waals surface area contributed by atoms with Crippen molar-refractivity contribution in [3.05, 3.63) is 34.3 Å². The number of ether oxygens (including phenoxy) is 1. The van der Waals surface area contributed by atoms with E-state index in [1.54, 1.807) is 19.1 Å². The van der Waals surface area contributed by atoms with Crippen molar-refractivity contribution in [2.24, 2.45) is 0 Å². The monoisotopic (exact) mass is 260 g/mol. The van der Waals surface area contributed by atoms with Crippen LogP contribution in [0.1, 0.15) is 29.3 Å². The van der Waals surface area contributed by atoms with Crippen LogP contribution in [0.3, 0.4) is 0 Å². The summed E-state index contributed by atoms with van der Waals surface area (Å²) in [6.45, 7) is 2.14. The van der Waals surface area contributed by atoms with Gasteiger partial charge in [-0.1, -0.05) is 11.6 Å². The lowest BCUT2D eigenvalue weighted by Gasteiger charge is -2.05. The summed E-state index contributed by atoms with van der Waals surface area (Å²) >= 11 is 11.6. The Bertz CT molecular complexity index is 364. The molecule has 0 aromatic heterocycles. The maximum atomic E-state index is 11.5. The Balaban J connectivity index is 2.84. The quantitative estimate of drug-likeness (QED) is 0.596. The molecule has 2 nitrogen and oxygen atoms in total. The Morgan fingerprint density at radius 2 is 2.12 bits per heavy atom. The summed E-state index contributed by atoms with van der Waals surface area (Å²) in [5, 5.41) is 0.551. The zero-order valence-electron chi connectivity index (χ0n) is 9.13. The van der Waals surface area contributed by atoms with Crippen LogP contribution < -0.4 is 0 Å². The minimum atomic E-state index is -0.336. The van der Waals surface area contributed by atoms with Gasteiger partial charge < -0.3 is 4.74 Å². The predicted molar refractivity (Wildman–Crippen MR) is 66.4 cm³/mol. The van der Waals surface area contributed by atoms with Crippen molar-refractivity contribution < 1.29 is 9.53 Å². The highest BCUT2D eigenvalue weighted by atomic mass is 35.5. The van der Waals surface area contributed by atoms with Crippen LogP contribution in [-0.4, -0.2) is 18.5 Å². The van der Waals surface area contributed by atoms with Gasteiger partial charge >= 0.3 is 5.97 Å². The number of carbonyl (C=O) groups excluding carboxylic acids is 1. The second-order valence-corrected chi connectivity index (χ2v) is 4.18. The molecule has 0 saturated heterocycles. The molecule has 0 aliphatic rings. The van der Waals surface area contributed by atoms with E-state index in [1.807, 2.05) is 6.07 Å². The van der Waals surface area contributed by atoms with Crippen molar-refractivity contribution >= 4 is 29.2 Å². The van der Waals surface area contributed by atoms with E-state index in [1.165, 1.54) is 0 Å². The second kappa shape index (κ2) is 6.77. The molecular weight excluding hydrogens is 247 g/mol. The average Bonchev–Trinajstić information content (AvgIpc) is 2.26. The highest BCUT2D eigenvalue weighted by Crippen LogP contribution is 2.17. The molecule has 0 unspecified atom stereocenters. The number of carbonyl (C=O) groups is 1. The SMILES string of the molecule is CCOC(=O)c1cc(Cl)cc(CCCCl)c1. The maximum absolute atomic E-state index is 11.5. The van der Waals surface area contributed by atoms with Gasteiger partial charge in [0.2, 0.25) is 0 Å². The Labute approximate surface area is 106 Å². The first-order valence-corrected chi connectivity index (χ1v) is 6.11. The van der Waals surface area contributed by atoms with E-state index < -0.39 is 0 Å². The normalized spacial score (nSPS) is 10.2. The van der Waals surface area contributed by atoms with Crippen LogP contribution in [0, 0.1) is 0 Å². The first-order chi connectivity index (χ1) is 7.67. The molecule has 1 aromatic carbocycles. The number of rotatable bonds is 5. The number of hydrogen-bond acceptors (Lipinski definition) is 2. The van der Waals surface area contributed by atoms with Gasteiger partial charge in [-0.15, -0.1) is 11.6 Å². The Hall–Kier alpha value is -0.730. The molecule has 0 saturated carbocycles. The van der Waals surface area contributed by atoms with Gasteiger partial charge in [-0.3, -0.25) is 0 Å². The standard InChI is InChI=1S/C12H14Cl2O2/c1-2-16-12(15)10-6-9(4-3-5-13)7-11(14)8-10/h6-8H,2-5H2,1H3. The molecule has 0 fully saturated rings. The largest absolute Gasteiger partial charge is 0.462 e. The van der Waals surface area contributed by atoms with E-state index in [2.05, 4.69) is 0 Å². The van der Waals surface area contributed by atoms with Gasteiger partial charge in [0.1, 0.15) is 0 Å². The topological polar surface area (TPSA) is 26.3 Å². The molecule has 88 valence electrons. The van der Waals surface area contributed by atoms with Gasteiger partial charge in [-0.05, 0) is 43.5 Å². The minimum absolute atomic E-state index is 0.336. The molecule has 0 spiro atoms. The van der Waals surface area contributed by atoms with E-state index in [0.29, 0.717) is 23.1 Å². The van der Waals surface area contributed by atoms with Crippen LogP contribution >= 0.6 is 23.2 Å². The minimum Gasteiger partial charge on any atom is -0.462 e. The number of halogens is 2. The molecule has 16 heavy (non-hydrogen) atoms. The van der Waals surface area contributed by atoms with Crippen molar-refractivity contribution in [3.63, 3.8) is 0 Å². The van der Waals surface area contributed by atoms with Gasteiger partial charge in [-0.25, -0.2) is 4.79 Å². The van der Waals surface area contributed by atoms with Crippen LogP contribution in [0.2, 0.25) is 5.02 Å². The lowest BCUT2D eigenvalue weighted by Crippen LogP contribution is -2.05. The highest BCUT2D eigenvalue weighted by molar-refractivity contribution is 6.31. The molecule has 0 N–H and O–H groups in total. The number of hydrogen-bond donors (Lipinski definition) is 0. The summed E-state index contributed by atoms with van der Waals surface area (Å²) < 4.78 is 4.92. The van der Waals surface area contributed by atoms with Crippen LogP contribution in [0.25, 0.3) is 0 Å². The molecule has 4 heteroatoms. The number of alkyl halides is 1. The molecular formula is C12H14Cl2O2. The second-order valence-electron chi connectivity index (χ2n) is 3.36. The van der Waals surface area contributed by atoms with E-state index in [9.17, 15) is 4.79 Å². The fourth-order valence-electron chi connectivity index (χ4n) is 1.40. The van der Waals surface area contributed by atoms with Crippen molar-refractivity contribution in [2.75, 3.05) is 12.5 Å². The van der Waals surface area contributed by atoms with E-state index in [-0.39, 0.29) is 5.97 Å². The fourth-order valence-corrected chi connectivity index (χ4v) is 1.79. The number of benzene rings is 1. The molecule has 0 radical (unpaired) electrons. The zero-order chi connectivity index (χ0) is 12.0. The molecule has 0 atom stereocenters. The summed E-state index contributed by atoms with van der Waals surface area (Å²) in [4.78, 5) is 11.5.